The van der Waals surface area contributed by atoms with E-state index in [4.69, 9.17) is 21.1 Å². The van der Waals surface area contributed by atoms with Crippen LogP contribution < -0.4 is 10.1 Å². The van der Waals surface area contributed by atoms with Gasteiger partial charge in [0.15, 0.2) is 5.60 Å². The van der Waals surface area contributed by atoms with Crippen LogP contribution in [0.15, 0.2) is 42.5 Å². The number of hydrogen-bond donors (Lipinski definition) is 1. The molecule has 0 aliphatic heterocycles. The first-order chi connectivity index (χ1) is 11.7. The highest BCUT2D eigenvalue weighted by Gasteiger charge is 2.30. The number of ether oxygens (including phenoxy) is 2. The zero-order valence-electron chi connectivity index (χ0n) is 14.6. The second kappa shape index (κ2) is 7.57. The zero-order chi connectivity index (χ0) is 18.6. The van der Waals surface area contributed by atoms with Gasteiger partial charge in [-0.1, -0.05) is 17.7 Å². The molecule has 0 spiro atoms. The van der Waals surface area contributed by atoms with E-state index in [0.29, 0.717) is 27.6 Å². The van der Waals surface area contributed by atoms with Crippen LogP contribution in [0.1, 0.15) is 29.8 Å². The van der Waals surface area contributed by atoms with Crippen molar-refractivity contribution >= 4 is 29.2 Å². The molecule has 1 N–H and O–H groups in total. The molecule has 5 nitrogen and oxygen atoms in total. The summed E-state index contributed by atoms with van der Waals surface area (Å²) in [7, 11) is 1.32. The number of esters is 1. The third-order valence-electron chi connectivity index (χ3n) is 3.72. The summed E-state index contributed by atoms with van der Waals surface area (Å²) in [6.45, 7) is 5.07. The highest BCUT2D eigenvalue weighted by molar-refractivity contribution is 6.30. The van der Waals surface area contributed by atoms with E-state index in [1.807, 2.05) is 0 Å². The molecule has 0 saturated carbocycles. The van der Waals surface area contributed by atoms with Gasteiger partial charge in [-0.15, -0.1) is 0 Å². The number of carbonyl (C=O) groups excluding carboxylic acids is 2. The molecule has 132 valence electrons. The molecule has 1 amide bonds. The van der Waals surface area contributed by atoms with Crippen molar-refractivity contribution in [3.05, 3.63) is 58.6 Å². The SMILES string of the molecule is COC(=O)c1cccc(NC(=O)C(C)(C)Oc2ccc(Cl)cc2)c1C. The van der Waals surface area contributed by atoms with E-state index in [1.165, 1.54) is 7.11 Å². The molecule has 0 atom stereocenters. The predicted octanol–water partition coefficient (Wildman–Crippen LogP) is 4.23. The molecule has 2 aromatic carbocycles. The van der Waals surface area contributed by atoms with Crippen molar-refractivity contribution in [3.8, 4) is 5.75 Å². The van der Waals surface area contributed by atoms with E-state index in [2.05, 4.69) is 5.32 Å². The van der Waals surface area contributed by atoms with Crippen LogP contribution in [0.3, 0.4) is 0 Å². The Kier molecular flexibility index (Phi) is 5.69. The minimum absolute atomic E-state index is 0.340. The molecule has 0 aromatic heterocycles. The first-order valence-corrected chi connectivity index (χ1v) is 8.06. The summed E-state index contributed by atoms with van der Waals surface area (Å²) in [6, 6.07) is 11.8. The third-order valence-corrected chi connectivity index (χ3v) is 3.97. The molecule has 6 heteroatoms. The van der Waals surface area contributed by atoms with Crippen LogP contribution in [-0.2, 0) is 9.53 Å². The molecule has 0 unspecified atom stereocenters. The topological polar surface area (TPSA) is 64.6 Å². The lowest BCUT2D eigenvalue weighted by molar-refractivity contribution is -0.128. The summed E-state index contributed by atoms with van der Waals surface area (Å²) >= 11 is 5.85. The Hall–Kier alpha value is -2.53. The number of amides is 1. The van der Waals surface area contributed by atoms with Gasteiger partial charge in [-0.3, -0.25) is 4.79 Å². The maximum Gasteiger partial charge on any atom is 0.338 e. The lowest BCUT2D eigenvalue weighted by atomic mass is 10.0. The molecule has 2 rings (SSSR count). The van der Waals surface area contributed by atoms with Gasteiger partial charge < -0.3 is 14.8 Å². The molecule has 0 fully saturated rings. The molecular formula is C19H20ClNO4. The van der Waals surface area contributed by atoms with Gasteiger partial charge in [0.2, 0.25) is 0 Å². The Labute approximate surface area is 151 Å². The largest absolute Gasteiger partial charge is 0.478 e. The summed E-state index contributed by atoms with van der Waals surface area (Å²) in [4.78, 5) is 24.4. The Morgan fingerprint density at radius 1 is 1.08 bits per heavy atom. The standard InChI is InChI=1S/C19H20ClNO4/c1-12-15(17(22)24-4)6-5-7-16(12)21-18(23)19(2,3)25-14-10-8-13(20)9-11-14/h5-11H,1-4H3,(H,21,23). The lowest BCUT2D eigenvalue weighted by Gasteiger charge is -2.26. The number of halogens is 1. The Balaban J connectivity index is 2.18. The zero-order valence-corrected chi connectivity index (χ0v) is 15.3. The maximum absolute atomic E-state index is 12.6. The molecule has 25 heavy (non-hydrogen) atoms. The summed E-state index contributed by atoms with van der Waals surface area (Å²) in [5, 5.41) is 3.39. The number of benzene rings is 2. The number of hydrogen-bond acceptors (Lipinski definition) is 4. The van der Waals surface area contributed by atoms with Crippen molar-refractivity contribution < 1.29 is 19.1 Å². The summed E-state index contributed by atoms with van der Waals surface area (Å²) in [5.41, 5.74) is 0.434. The molecule has 0 aliphatic carbocycles. The summed E-state index contributed by atoms with van der Waals surface area (Å²) in [5.74, 6) is -0.262. The lowest BCUT2D eigenvalue weighted by Crippen LogP contribution is -2.42. The van der Waals surface area contributed by atoms with Crippen LogP contribution in [0, 0.1) is 6.92 Å². The number of carbonyl (C=O) groups is 2. The van der Waals surface area contributed by atoms with Gasteiger partial charge in [-0.25, -0.2) is 4.79 Å². The highest BCUT2D eigenvalue weighted by Crippen LogP contribution is 2.24. The van der Waals surface area contributed by atoms with E-state index in [-0.39, 0.29) is 5.91 Å². The molecule has 0 radical (unpaired) electrons. The molecule has 2 aromatic rings. The van der Waals surface area contributed by atoms with Crippen molar-refractivity contribution in [1.82, 2.24) is 0 Å². The number of nitrogens with one attached hydrogen (secondary N) is 1. The van der Waals surface area contributed by atoms with E-state index < -0.39 is 11.6 Å². The monoisotopic (exact) mass is 361 g/mol. The van der Waals surface area contributed by atoms with Gasteiger partial charge in [0, 0.05) is 10.7 Å². The second-order valence-electron chi connectivity index (χ2n) is 5.99. The van der Waals surface area contributed by atoms with Crippen molar-refractivity contribution in [2.75, 3.05) is 12.4 Å². The van der Waals surface area contributed by atoms with Crippen molar-refractivity contribution in [2.24, 2.45) is 0 Å². The fourth-order valence-electron chi connectivity index (χ4n) is 2.22. The van der Waals surface area contributed by atoms with Gasteiger partial charge in [-0.05, 0) is 62.7 Å². The minimum Gasteiger partial charge on any atom is -0.478 e. The van der Waals surface area contributed by atoms with E-state index in [1.54, 1.807) is 63.2 Å². The predicted molar refractivity (Wildman–Crippen MR) is 97.3 cm³/mol. The third kappa shape index (κ3) is 4.51. The molecular weight excluding hydrogens is 342 g/mol. The first-order valence-electron chi connectivity index (χ1n) is 7.68. The first kappa shape index (κ1) is 18.8. The van der Waals surface area contributed by atoms with Crippen LogP contribution in [-0.4, -0.2) is 24.6 Å². The van der Waals surface area contributed by atoms with Crippen LogP contribution in [0.4, 0.5) is 5.69 Å². The van der Waals surface area contributed by atoms with Gasteiger partial charge in [-0.2, -0.15) is 0 Å². The average molecular weight is 362 g/mol. The maximum atomic E-state index is 12.6. The van der Waals surface area contributed by atoms with Crippen molar-refractivity contribution in [1.29, 1.82) is 0 Å². The quantitative estimate of drug-likeness (QED) is 0.809. The van der Waals surface area contributed by atoms with Crippen molar-refractivity contribution in [2.45, 2.75) is 26.4 Å². The van der Waals surface area contributed by atoms with Gasteiger partial charge in [0.25, 0.3) is 5.91 Å². The van der Waals surface area contributed by atoms with Gasteiger partial charge in [0.05, 0.1) is 12.7 Å². The highest BCUT2D eigenvalue weighted by atomic mass is 35.5. The summed E-state index contributed by atoms with van der Waals surface area (Å²) in [6.07, 6.45) is 0. The van der Waals surface area contributed by atoms with Gasteiger partial charge in [0.1, 0.15) is 5.75 Å². The van der Waals surface area contributed by atoms with E-state index in [9.17, 15) is 9.59 Å². The smallest absolute Gasteiger partial charge is 0.338 e. The van der Waals surface area contributed by atoms with E-state index in [0.717, 1.165) is 0 Å². The van der Waals surface area contributed by atoms with E-state index >= 15 is 0 Å². The average Bonchev–Trinajstić information content (AvgIpc) is 2.58. The molecule has 0 heterocycles. The Morgan fingerprint density at radius 2 is 1.72 bits per heavy atom. The molecule has 0 aliphatic rings. The Morgan fingerprint density at radius 3 is 2.32 bits per heavy atom. The number of rotatable bonds is 5. The van der Waals surface area contributed by atoms with Crippen molar-refractivity contribution in [3.63, 3.8) is 0 Å². The minimum atomic E-state index is -1.12. The fraction of sp³-hybridized carbons (Fsp3) is 0.263. The molecule has 0 saturated heterocycles. The fourth-order valence-corrected chi connectivity index (χ4v) is 2.34. The van der Waals surface area contributed by atoms with Crippen LogP contribution in [0.25, 0.3) is 0 Å². The number of anilines is 1. The number of methoxy groups -OCH3 is 1. The summed E-state index contributed by atoms with van der Waals surface area (Å²) < 4.78 is 10.5. The van der Waals surface area contributed by atoms with Gasteiger partial charge >= 0.3 is 5.97 Å². The van der Waals surface area contributed by atoms with Crippen LogP contribution in [0.2, 0.25) is 5.02 Å². The van der Waals surface area contributed by atoms with Crippen LogP contribution in [0.5, 0.6) is 5.75 Å². The normalized spacial score (nSPS) is 10.9. The Bertz CT molecular complexity index is 785. The second-order valence-corrected chi connectivity index (χ2v) is 6.43. The molecule has 0 bridgehead atoms. The van der Waals surface area contributed by atoms with Crippen LogP contribution >= 0.6 is 11.6 Å².